The molecule has 154 valence electrons. The van der Waals surface area contributed by atoms with Gasteiger partial charge >= 0.3 is 0 Å². The molecule has 3 saturated heterocycles. The van der Waals surface area contributed by atoms with Crippen molar-refractivity contribution in [3.8, 4) is 0 Å². The Bertz CT molecular complexity index is 568. The Balaban J connectivity index is 1.55. The first-order valence-corrected chi connectivity index (χ1v) is 9.88. The summed E-state index contributed by atoms with van der Waals surface area (Å²) in [7, 11) is 0. The van der Waals surface area contributed by atoms with E-state index >= 15 is 0 Å². The van der Waals surface area contributed by atoms with Gasteiger partial charge in [-0.05, 0) is 32.6 Å². The van der Waals surface area contributed by atoms with E-state index in [1.165, 1.54) is 11.8 Å². The van der Waals surface area contributed by atoms with Crippen LogP contribution in [-0.4, -0.2) is 105 Å². The number of hydrogen-bond acceptors (Lipinski definition) is 7. The second kappa shape index (κ2) is 8.00. The van der Waals surface area contributed by atoms with Crippen molar-refractivity contribution in [3.05, 3.63) is 0 Å². The van der Waals surface area contributed by atoms with Crippen LogP contribution in [0.5, 0.6) is 0 Å². The molecule has 0 aromatic carbocycles. The third-order valence-corrected chi connectivity index (χ3v) is 6.14. The molecule has 0 saturated carbocycles. The molecule has 2 amide bonds. The third kappa shape index (κ3) is 3.84. The summed E-state index contributed by atoms with van der Waals surface area (Å²) in [5.74, 6) is -0.230. The summed E-state index contributed by atoms with van der Waals surface area (Å²) < 4.78 is 0. The number of aliphatic hydroxyl groups is 3. The number of β-amino-alcohol motifs (C(OH)–C–C–N with tert-alkyl or cyclic N) is 1. The van der Waals surface area contributed by atoms with E-state index in [1.807, 2.05) is 4.90 Å². The molecule has 0 aliphatic carbocycles. The van der Waals surface area contributed by atoms with Crippen LogP contribution in [0.25, 0.3) is 0 Å². The highest BCUT2D eigenvalue weighted by Crippen LogP contribution is 2.38. The number of carbonyl (C=O) groups is 2. The molecule has 9 nitrogen and oxygen atoms in total. The van der Waals surface area contributed by atoms with E-state index in [0.717, 1.165) is 32.4 Å². The average Bonchev–Trinajstić information content (AvgIpc) is 3.29. The van der Waals surface area contributed by atoms with Crippen LogP contribution < -0.4 is 5.32 Å². The molecular formula is C18H32N4O5. The molecule has 5 atom stereocenters. The van der Waals surface area contributed by atoms with Crippen molar-refractivity contribution in [3.63, 3.8) is 0 Å². The van der Waals surface area contributed by atoms with Gasteiger partial charge in [0.15, 0.2) is 0 Å². The second-order valence-electron chi connectivity index (χ2n) is 8.10. The van der Waals surface area contributed by atoms with Crippen molar-refractivity contribution in [1.29, 1.82) is 0 Å². The summed E-state index contributed by atoms with van der Waals surface area (Å²) in [6, 6.07) is -0.719. The zero-order chi connectivity index (χ0) is 19.8. The average molecular weight is 384 g/mol. The van der Waals surface area contributed by atoms with Gasteiger partial charge in [0.25, 0.3) is 5.91 Å². The van der Waals surface area contributed by atoms with Gasteiger partial charge in [0.2, 0.25) is 5.91 Å². The van der Waals surface area contributed by atoms with Gasteiger partial charge in [-0.1, -0.05) is 0 Å². The molecule has 9 heteroatoms. The molecule has 3 rings (SSSR count). The number of nitrogens with zero attached hydrogens (tertiary/aromatic N) is 3. The highest BCUT2D eigenvalue weighted by molar-refractivity contribution is 5.96. The predicted molar refractivity (Wildman–Crippen MR) is 97.4 cm³/mol. The number of β-lactam (4-membered cyclic amide) rings is 1. The first-order valence-electron chi connectivity index (χ1n) is 9.88. The molecule has 3 aliphatic rings. The maximum Gasteiger partial charge on any atom is 0.250 e. The summed E-state index contributed by atoms with van der Waals surface area (Å²) in [6.45, 7) is 5.64. The van der Waals surface area contributed by atoms with E-state index in [-0.39, 0.29) is 18.4 Å². The van der Waals surface area contributed by atoms with Crippen LogP contribution in [0.1, 0.15) is 39.5 Å². The fraction of sp³-hybridized carbons (Fsp3) is 0.889. The molecular weight excluding hydrogens is 352 g/mol. The van der Waals surface area contributed by atoms with Crippen LogP contribution in [0.15, 0.2) is 0 Å². The first kappa shape index (κ1) is 20.5. The monoisotopic (exact) mass is 384 g/mol. The topological polar surface area (TPSA) is 117 Å². The van der Waals surface area contributed by atoms with E-state index in [1.54, 1.807) is 11.8 Å². The number of aliphatic hydroxyl groups excluding tert-OH is 3. The second-order valence-corrected chi connectivity index (χ2v) is 8.10. The Hall–Kier alpha value is -1.26. The van der Waals surface area contributed by atoms with Crippen LogP contribution >= 0.6 is 0 Å². The standard InChI is InChI=1S/C18H32N4O5/c1-12(23)15(16(26)20-7-3-4-8-20)19-14(25)10-21-11-18(17(21)27)6-5-9-22(18)13(2)24/h12,14-16,19,23,25-26H,3-11H2,1-2H3/t12-,14?,15+,16?,18?/m1/s1. The number of rotatable bonds is 7. The lowest BCUT2D eigenvalue weighted by Crippen LogP contribution is -2.74. The highest BCUT2D eigenvalue weighted by Gasteiger charge is 2.59. The van der Waals surface area contributed by atoms with E-state index < -0.39 is 30.1 Å². The van der Waals surface area contributed by atoms with E-state index in [0.29, 0.717) is 19.5 Å². The molecule has 27 heavy (non-hydrogen) atoms. The van der Waals surface area contributed by atoms with Gasteiger partial charge in [-0.25, -0.2) is 0 Å². The first-order chi connectivity index (χ1) is 12.8. The molecule has 1 spiro atoms. The minimum atomic E-state index is -1.07. The van der Waals surface area contributed by atoms with Crippen LogP contribution in [0.2, 0.25) is 0 Å². The Morgan fingerprint density at radius 1 is 1.19 bits per heavy atom. The molecule has 3 heterocycles. The fourth-order valence-electron chi connectivity index (χ4n) is 4.72. The number of carbonyl (C=O) groups excluding carboxylic acids is 2. The van der Waals surface area contributed by atoms with E-state index in [4.69, 9.17) is 0 Å². The Kier molecular flexibility index (Phi) is 6.07. The number of hydrogen-bond donors (Lipinski definition) is 4. The lowest BCUT2D eigenvalue weighted by molar-refractivity contribution is -0.169. The maximum atomic E-state index is 12.7. The van der Waals surface area contributed by atoms with Crippen LogP contribution in [-0.2, 0) is 9.59 Å². The van der Waals surface area contributed by atoms with Gasteiger partial charge in [0.05, 0.1) is 25.2 Å². The maximum absolute atomic E-state index is 12.7. The van der Waals surface area contributed by atoms with Gasteiger partial charge in [0.1, 0.15) is 18.0 Å². The highest BCUT2D eigenvalue weighted by atomic mass is 16.3. The third-order valence-electron chi connectivity index (χ3n) is 6.14. The zero-order valence-corrected chi connectivity index (χ0v) is 16.2. The molecule has 3 fully saturated rings. The summed E-state index contributed by atoms with van der Waals surface area (Å²) in [5, 5.41) is 33.8. The summed E-state index contributed by atoms with van der Waals surface area (Å²) in [6.07, 6.45) is 0.643. The SMILES string of the molecule is CC(=O)N1CCCC12CN(CC(O)N[C@H](C(O)N1CCCC1)[C@@H](C)O)C2=O. The molecule has 3 aliphatic heterocycles. The van der Waals surface area contributed by atoms with Crippen LogP contribution in [0.3, 0.4) is 0 Å². The number of likely N-dealkylation sites (tertiary alicyclic amines) is 3. The molecule has 0 aromatic heterocycles. The molecule has 3 unspecified atom stereocenters. The van der Waals surface area contributed by atoms with Crippen LogP contribution in [0, 0.1) is 0 Å². The van der Waals surface area contributed by atoms with Crippen molar-refractivity contribution in [1.82, 2.24) is 20.0 Å². The molecule has 0 radical (unpaired) electrons. The van der Waals surface area contributed by atoms with E-state index in [9.17, 15) is 24.9 Å². The summed E-state index contributed by atoms with van der Waals surface area (Å²) >= 11 is 0. The zero-order valence-electron chi connectivity index (χ0n) is 16.2. The van der Waals surface area contributed by atoms with Gasteiger partial charge in [-0.15, -0.1) is 0 Å². The fourth-order valence-corrected chi connectivity index (χ4v) is 4.72. The van der Waals surface area contributed by atoms with E-state index in [2.05, 4.69) is 5.32 Å². The lowest BCUT2D eigenvalue weighted by atomic mass is 9.85. The Morgan fingerprint density at radius 3 is 2.41 bits per heavy atom. The van der Waals surface area contributed by atoms with Crippen molar-refractivity contribution < 1.29 is 24.9 Å². The van der Waals surface area contributed by atoms with Crippen molar-refractivity contribution in [2.45, 2.75) is 69.7 Å². The minimum Gasteiger partial charge on any atom is -0.392 e. The molecule has 0 bridgehead atoms. The lowest BCUT2D eigenvalue weighted by Gasteiger charge is -2.51. The van der Waals surface area contributed by atoms with Crippen molar-refractivity contribution >= 4 is 11.8 Å². The smallest absolute Gasteiger partial charge is 0.250 e. The van der Waals surface area contributed by atoms with Gasteiger partial charge in [0, 0.05) is 26.6 Å². The summed E-state index contributed by atoms with van der Waals surface area (Å²) in [5.41, 5.74) is -0.732. The number of nitrogens with one attached hydrogen (secondary N) is 1. The van der Waals surface area contributed by atoms with Gasteiger partial charge < -0.3 is 25.1 Å². The van der Waals surface area contributed by atoms with Gasteiger partial charge in [-0.2, -0.15) is 0 Å². The largest absolute Gasteiger partial charge is 0.392 e. The van der Waals surface area contributed by atoms with Crippen molar-refractivity contribution in [2.24, 2.45) is 0 Å². The summed E-state index contributed by atoms with van der Waals surface area (Å²) in [4.78, 5) is 29.5. The Labute approximate surface area is 159 Å². The van der Waals surface area contributed by atoms with Crippen molar-refractivity contribution in [2.75, 3.05) is 32.7 Å². The molecule has 4 N–H and O–H groups in total. The normalized spacial score (nSPS) is 30.5. The minimum absolute atomic E-state index is 0.0578. The Morgan fingerprint density at radius 2 is 1.85 bits per heavy atom. The molecule has 0 aromatic rings. The van der Waals surface area contributed by atoms with Gasteiger partial charge in [-0.3, -0.25) is 19.8 Å². The van der Waals surface area contributed by atoms with Crippen LogP contribution in [0.4, 0.5) is 0 Å². The quantitative estimate of drug-likeness (QED) is 0.305. The number of amides is 2. The predicted octanol–water partition coefficient (Wildman–Crippen LogP) is -1.72.